The van der Waals surface area contributed by atoms with Crippen molar-refractivity contribution in [1.82, 2.24) is 0 Å². The Kier molecular flexibility index (Phi) is 6.17. The second-order valence-corrected chi connectivity index (χ2v) is 7.64. The number of rotatable bonds is 7. The van der Waals surface area contributed by atoms with Crippen molar-refractivity contribution in [3.05, 3.63) is 54.1 Å². The maximum atomic E-state index is 12.3. The molecule has 0 heterocycles. The minimum atomic E-state index is -3.75. The molecule has 0 spiro atoms. The summed E-state index contributed by atoms with van der Waals surface area (Å²) in [6, 6.07) is 12.6. The highest BCUT2D eigenvalue weighted by Crippen LogP contribution is 2.17. The molecule has 0 saturated carbocycles. The van der Waals surface area contributed by atoms with Gasteiger partial charge in [-0.15, -0.1) is 0 Å². The van der Waals surface area contributed by atoms with Crippen LogP contribution in [-0.4, -0.2) is 20.9 Å². The van der Waals surface area contributed by atoms with Crippen molar-refractivity contribution >= 4 is 21.6 Å². The summed E-state index contributed by atoms with van der Waals surface area (Å²) in [4.78, 5) is 12.3. The van der Waals surface area contributed by atoms with Gasteiger partial charge >= 0.3 is 0 Å². The molecule has 0 atom stereocenters. The van der Waals surface area contributed by atoms with Gasteiger partial charge in [0, 0.05) is 11.3 Å². The molecule has 2 aromatic carbocycles. The third-order valence-corrected chi connectivity index (χ3v) is 4.43. The molecule has 0 unspecified atom stereocenters. The first kappa shape index (κ1) is 19.0. The van der Waals surface area contributed by atoms with Gasteiger partial charge in [-0.3, -0.25) is 4.79 Å². The number of nitrogens with one attached hydrogen (secondary N) is 1. The van der Waals surface area contributed by atoms with Crippen molar-refractivity contribution in [2.45, 2.75) is 25.2 Å². The van der Waals surface area contributed by atoms with Crippen LogP contribution in [0, 0.1) is 5.92 Å². The molecule has 3 N–H and O–H groups in total. The number of anilines is 1. The number of ether oxygens (including phenoxy) is 1. The van der Waals surface area contributed by atoms with E-state index in [1.165, 1.54) is 24.3 Å². The van der Waals surface area contributed by atoms with Gasteiger partial charge < -0.3 is 10.1 Å². The lowest BCUT2D eigenvalue weighted by atomic mass is 10.1. The quantitative estimate of drug-likeness (QED) is 0.791. The first-order valence-electron chi connectivity index (χ1n) is 7.93. The van der Waals surface area contributed by atoms with E-state index >= 15 is 0 Å². The van der Waals surface area contributed by atoms with E-state index in [1.807, 2.05) is 0 Å². The largest absolute Gasteiger partial charge is 0.494 e. The molecular formula is C18H22N2O4S. The third-order valence-electron chi connectivity index (χ3n) is 3.50. The SMILES string of the molecule is CC(C)CCOc1cccc(C(=O)Nc2ccc(S(N)(=O)=O)cc2)c1. The Morgan fingerprint density at radius 2 is 1.84 bits per heavy atom. The van der Waals surface area contributed by atoms with E-state index in [1.54, 1.807) is 24.3 Å². The van der Waals surface area contributed by atoms with Crippen LogP contribution in [0.2, 0.25) is 0 Å². The van der Waals surface area contributed by atoms with Crippen LogP contribution in [0.5, 0.6) is 5.75 Å². The summed E-state index contributed by atoms with van der Waals surface area (Å²) in [5.41, 5.74) is 0.932. The van der Waals surface area contributed by atoms with Gasteiger partial charge in [-0.2, -0.15) is 0 Å². The third kappa shape index (κ3) is 5.88. The van der Waals surface area contributed by atoms with Crippen LogP contribution in [0.1, 0.15) is 30.6 Å². The van der Waals surface area contributed by atoms with Crippen LogP contribution in [0.15, 0.2) is 53.4 Å². The first-order valence-corrected chi connectivity index (χ1v) is 9.47. The first-order chi connectivity index (χ1) is 11.8. The van der Waals surface area contributed by atoms with Gasteiger partial charge in [-0.25, -0.2) is 13.6 Å². The number of hydrogen-bond acceptors (Lipinski definition) is 4. The molecule has 7 heteroatoms. The van der Waals surface area contributed by atoms with Gasteiger partial charge in [0.1, 0.15) is 5.75 Å². The zero-order valence-corrected chi connectivity index (χ0v) is 15.0. The molecule has 0 radical (unpaired) electrons. The van der Waals surface area contributed by atoms with Crippen LogP contribution in [-0.2, 0) is 10.0 Å². The van der Waals surface area contributed by atoms with E-state index in [0.717, 1.165) is 6.42 Å². The highest BCUT2D eigenvalue weighted by molar-refractivity contribution is 7.89. The molecule has 0 bridgehead atoms. The number of carbonyl (C=O) groups excluding carboxylic acids is 1. The van der Waals surface area contributed by atoms with E-state index in [4.69, 9.17) is 9.88 Å². The van der Waals surface area contributed by atoms with Crippen LogP contribution in [0.4, 0.5) is 5.69 Å². The Morgan fingerprint density at radius 1 is 1.16 bits per heavy atom. The number of hydrogen-bond donors (Lipinski definition) is 2. The minimum absolute atomic E-state index is 0.00829. The van der Waals surface area contributed by atoms with Crippen molar-refractivity contribution in [2.24, 2.45) is 11.1 Å². The van der Waals surface area contributed by atoms with Crippen LogP contribution in [0.25, 0.3) is 0 Å². The van der Waals surface area contributed by atoms with Gasteiger partial charge in [0.25, 0.3) is 5.91 Å². The summed E-state index contributed by atoms with van der Waals surface area (Å²) >= 11 is 0. The Labute approximate surface area is 148 Å². The van der Waals surface area contributed by atoms with Crippen molar-refractivity contribution in [3.8, 4) is 5.75 Å². The number of amides is 1. The zero-order chi connectivity index (χ0) is 18.4. The molecule has 0 aromatic heterocycles. The molecule has 134 valence electrons. The molecule has 0 saturated heterocycles. The fourth-order valence-electron chi connectivity index (χ4n) is 2.07. The molecule has 2 rings (SSSR count). The van der Waals surface area contributed by atoms with Gasteiger partial charge in [0.2, 0.25) is 10.0 Å². The number of benzene rings is 2. The van der Waals surface area contributed by atoms with Crippen molar-refractivity contribution in [3.63, 3.8) is 0 Å². The fourth-order valence-corrected chi connectivity index (χ4v) is 2.59. The molecule has 0 aliphatic heterocycles. The van der Waals surface area contributed by atoms with Gasteiger partial charge in [-0.1, -0.05) is 19.9 Å². The zero-order valence-electron chi connectivity index (χ0n) is 14.2. The van der Waals surface area contributed by atoms with Gasteiger partial charge in [0.05, 0.1) is 11.5 Å². The van der Waals surface area contributed by atoms with E-state index in [9.17, 15) is 13.2 Å². The lowest BCUT2D eigenvalue weighted by molar-refractivity contribution is 0.102. The van der Waals surface area contributed by atoms with Crippen LogP contribution < -0.4 is 15.2 Å². The van der Waals surface area contributed by atoms with E-state index < -0.39 is 10.0 Å². The highest BCUT2D eigenvalue weighted by atomic mass is 32.2. The number of nitrogens with two attached hydrogens (primary N) is 1. The lowest BCUT2D eigenvalue weighted by Crippen LogP contribution is -2.14. The summed E-state index contributed by atoms with van der Waals surface area (Å²) in [7, 11) is -3.75. The second-order valence-electron chi connectivity index (χ2n) is 6.08. The summed E-state index contributed by atoms with van der Waals surface area (Å²) < 4.78 is 28.1. The molecule has 6 nitrogen and oxygen atoms in total. The lowest BCUT2D eigenvalue weighted by Gasteiger charge is -2.10. The Bertz CT molecular complexity index is 830. The molecule has 2 aromatic rings. The predicted octanol–water partition coefficient (Wildman–Crippen LogP) is 3.01. The van der Waals surface area contributed by atoms with Crippen LogP contribution >= 0.6 is 0 Å². The minimum Gasteiger partial charge on any atom is -0.494 e. The number of primary sulfonamides is 1. The van der Waals surface area contributed by atoms with E-state index in [0.29, 0.717) is 29.5 Å². The Hall–Kier alpha value is -2.38. The number of sulfonamides is 1. The standard InChI is InChI=1S/C18H22N2O4S/c1-13(2)10-11-24-16-5-3-4-14(12-16)18(21)20-15-6-8-17(9-7-15)25(19,22)23/h3-9,12-13H,10-11H2,1-2H3,(H,20,21)(H2,19,22,23). The molecule has 25 heavy (non-hydrogen) atoms. The average Bonchev–Trinajstić information content (AvgIpc) is 2.54. The molecule has 0 fully saturated rings. The molecular weight excluding hydrogens is 340 g/mol. The monoisotopic (exact) mass is 362 g/mol. The smallest absolute Gasteiger partial charge is 0.255 e. The molecule has 0 aliphatic rings. The normalized spacial score (nSPS) is 11.4. The highest BCUT2D eigenvalue weighted by Gasteiger charge is 2.10. The van der Waals surface area contributed by atoms with Crippen molar-refractivity contribution < 1.29 is 17.9 Å². The van der Waals surface area contributed by atoms with E-state index in [-0.39, 0.29) is 10.8 Å². The van der Waals surface area contributed by atoms with Crippen molar-refractivity contribution in [2.75, 3.05) is 11.9 Å². The summed E-state index contributed by atoms with van der Waals surface area (Å²) in [5.74, 6) is 0.877. The fraction of sp³-hybridized carbons (Fsp3) is 0.278. The maximum absolute atomic E-state index is 12.3. The van der Waals surface area contributed by atoms with Gasteiger partial charge in [-0.05, 0) is 54.8 Å². The predicted molar refractivity (Wildman–Crippen MR) is 97.2 cm³/mol. The Morgan fingerprint density at radius 3 is 2.44 bits per heavy atom. The molecule has 1 amide bonds. The number of carbonyl (C=O) groups is 1. The summed E-state index contributed by atoms with van der Waals surface area (Å²) in [6.07, 6.45) is 0.937. The Balaban J connectivity index is 2.03. The summed E-state index contributed by atoms with van der Waals surface area (Å²) in [6.45, 7) is 4.83. The van der Waals surface area contributed by atoms with Crippen LogP contribution in [0.3, 0.4) is 0 Å². The van der Waals surface area contributed by atoms with Crippen molar-refractivity contribution in [1.29, 1.82) is 0 Å². The topological polar surface area (TPSA) is 98.5 Å². The molecule has 0 aliphatic carbocycles. The summed E-state index contributed by atoms with van der Waals surface area (Å²) in [5, 5.41) is 7.75. The maximum Gasteiger partial charge on any atom is 0.255 e. The van der Waals surface area contributed by atoms with Gasteiger partial charge in [0.15, 0.2) is 0 Å². The average molecular weight is 362 g/mol. The second kappa shape index (κ2) is 8.13. The van der Waals surface area contributed by atoms with E-state index in [2.05, 4.69) is 19.2 Å².